The average molecular weight is 287 g/mol. The van der Waals surface area contributed by atoms with Gasteiger partial charge >= 0.3 is 5.97 Å². The zero-order valence-electron chi connectivity index (χ0n) is 11.8. The Kier molecular flexibility index (Phi) is 5.15. The largest absolute Gasteiger partial charge is 0.483 e. The van der Waals surface area contributed by atoms with Crippen LogP contribution in [0.4, 0.5) is 0 Å². The van der Waals surface area contributed by atoms with Gasteiger partial charge in [0.1, 0.15) is 13.2 Å². The molecule has 0 aliphatic carbocycles. The van der Waals surface area contributed by atoms with Crippen molar-refractivity contribution in [1.82, 2.24) is 4.57 Å². The molecule has 1 aromatic heterocycles. The highest BCUT2D eigenvalue weighted by molar-refractivity contribution is 5.69. The Balaban J connectivity index is 2.07. The number of esters is 1. The summed E-state index contributed by atoms with van der Waals surface area (Å²) in [6, 6.07) is 12.8. The summed E-state index contributed by atoms with van der Waals surface area (Å²) >= 11 is 0. The molecule has 5 heteroatoms. The molecule has 0 N–H and O–H groups in total. The van der Waals surface area contributed by atoms with Crippen molar-refractivity contribution < 1.29 is 14.3 Å². The molecule has 0 radical (unpaired) electrons. The maximum absolute atomic E-state index is 12.2. The second-order valence-corrected chi connectivity index (χ2v) is 4.38. The summed E-state index contributed by atoms with van der Waals surface area (Å²) in [6.07, 6.45) is 1.54. The summed E-state index contributed by atoms with van der Waals surface area (Å²) in [5.41, 5.74) is 0.624. The highest BCUT2D eigenvalue weighted by atomic mass is 16.5. The van der Waals surface area contributed by atoms with Crippen molar-refractivity contribution in [1.29, 1.82) is 0 Å². The molecule has 1 heterocycles. The van der Waals surface area contributed by atoms with Gasteiger partial charge in [0.25, 0.3) is 5.56 Å². The van der Waals surface area contributed by atoms with Crippen molar-refractivity contribution >= 4 is 5.97 Å². The topological polar surface area (TPSA) is 57.5 Å². The molecule has 0 saturated heterocycles. The molecule has 110 valence electrons. The van der Waals surface area contributed by atoms with Crippen molar-refractivity contribution in [3.63, 3.8) is 0 Å². The molecule has 0 atom stereocenters. The SMILES string of the molecule is CCOC(=O)Cn1cccc(OCc2ccccc2)c1=O. The molecule has 0 fully saturated rings. The van der Waals surface area contributed by atoms with Crippen molar-refractivity contribution in [2.45, 2.75) is 20.1 Å². The minimum Gasteiger partial charge on any atom is -0.483 e. The fraction of sp³-hybridized carbons (Fsp3) is 0.250. The predicted molar refractivity (Wildman–Crippen MR) is 78.1 cm³/mol. The zero-order valence-corrected chi connectivity index (χ0v) is 11.8. The third kappa shape index (κ3) is 4.21. The number of hydrogen-bond donors (Lipinski definition) is 0. The van der Waals surface area contributed by atoms with E-state index in [-0.39, 0.29) is 24.5 Å². The van der Waals surface area contributed by atoms with Gasteiger partial charge in [-0.05, 0) is 24.6 Å². The first-order chi connectivity index (χ1) is 10.2. The van der Waals surface area contributed by atoms with E-state index in [1.54, 1.807) is 19.1 Å². The standard InChI is InChI=1S/C16H17NO4/c1-2-20-15(18)11-17-10-6-9-14(16(17)19)21-12-13-7-4-3-5-8-13/h3-10H,2,11-12H2,1H3. The second kappa shape index (κ2) is 7.28. The smallest absolute Gasteiger partial charge is 0.326 e. The van der Waals surface area contributed by atoms with Crippen LogP contribution in [0.25, 0.3) is 0 Å². The van der Waals surface area contributed by atoms with E-state index in [0.717, 1.165) is 5.56 Å². The lowest BCUT2D eigenvalue weighted by atomic mass is 10.2. The molecule has 1 aromatic carbocycles. The number of pyridine rings is 1. The number of hydrogen-bond acceptors (Lipinski definition) is 4. The van der Waals surface area contributed by atoms with Gasteiger partial charge in [-0.15, -0.1) is 0 Å². The molecule has 0 spiro atoms. The maximum Gasteiger partial charge on any atom is 0.326 e. The third-order valence-electron chi connectivity index (χ3n) is 2.83. The monoisotopic (exact) mass is 287 g/mol. The van der Waals surface area contributed by atoms with Gasteiger partial charge in [0.05, 0.1) is 6.61 Å². The van der Waals surface area contributed by atoms with E-state index in [1.807, 2.05) is 30.3 Å². The van der Waals surface area contributed by atoms with E-state index < -0.39 is 5.97 Å². The molecular weight excluding hydrogens is 270 g/mol. The number of benzene rings is 1. The number of aromatic nitrogens is 1. The van der Waals surface area contributed by atoms with Crippen LogP contribution >= 0.6 is 0 Å². The Morgan fingerprint density at radius 3 is 2.62 bits per heavy atom. The van der Waals surface area contributed by atoms with E-state index in [0.29, 0.717) is 6.61 Å². The van der Waals surface area contributed by atoms with Crippen molar-refractivity contribution in [2.75, 3.05) is 6.61 Å². The summed E-state index contributed by atoms with van der Waals surface area (Å²) in [6.45, 7) is 2.20. The average Bonchev–Trinajstić information content (AvgIpc) is 2.49. The highest BCUT2D eigenvalue weighted by Gasteiger charge is 2.08. The molecule has 0 aliphatic rings. The van der Waals surface area contributed by atoms with Crippen LogP contribution in [0.1, 0.15) is 12.5 Å². The van der Waals surface area contributed by atoms with Gasteiger partial charge in [-0.25, -0.2) is 0 Å². The number of rotatable bonds is 6. The van der Waals surface area contributed by atoms with Gasteiger partial charge in [-0.2, -0.15) is 0 Å². The number of nitrogens with zero attached hydrogens (tertiary/aromatic N) is 1. The van der Waals surface area contributed by atoms with Crippen LogP contribution in [0.3, 0.4) is 0 Å². The van der Waals surface area contributed by atoms with Crippen LogP contribution in [0, 0.1) is 0 Å². The molecular formula is C16H17NO4. The lowest BCUT2D eigenvalue weighted by molar-refractivity contribution is -0.143. The maximum atomic E-state index is 12.2. The van der Waals surface area contributed by atoms with Crippen LogP contribution in [-0.4, -0.2) is 17.1 Å². The predicted octanol–water partition coefficient (Wildman–Crippen LogP) is 1.99. The quantitative estimate of drug-likeness (QED) is 0.762. The third-order valence-corrected chi connectivity index (χ3v) is 2.83. The van der Waals surface area contributed by atoms with Crippen molar-refractivity contribution in [3.8, 4) is 5.75 Å². The lowest BCUT2D eigenvalue weighted by Crippen LogP contribution is -2.25. The molecule has 0 saturated carbocycles. The number of carbonyl (C=O) groups is 1. The van der Waals surface area contributed by atoms with E-state index in [2.05, 4.69) is 0 Å². The molecule has 2 rings (SSSR count). The number of carbonyl (C=O) groups excluding carboxylic acids is 1. The zero-order chi connectivity index (χ0) is 15.1. The van der Waals surface area contributed by atoms with Crippen molar-refractivity contribution in [2.24, 2.45) is 0 Å². The van der Waals surface area contributed by atoms with Crippen LogP contribution < -0.4 is 10.3 Å². The Morgan fingerprint density at radius 1 is 1.14 bits per heavy atom. The fourth-order valence-corrected chi connectivity index (χ4v) is 1.83. The molecule has 2 aromatic rings. The molecule has 0 unspecified atom stereocenters. The highest BCUT2D eigenvalue weighted by Crippen LogP contribution is 2.07. The summed E-state index contributed by atoms with van der Waals surface area (Å²) in [4.78, 5) is 23.6. The molecule has 21 heavy (non-hydrogen) atoms. The Hall–Kier alpha value is -2.56. The Morgan fingerprint density at radius 2 is 1.90 bits per heavy atom. The van der Waals surface area contributed by atoms with Crippen LogP contribution in [0.15, 0.2) is 53.5 Å². The molecule has 0 amide bonds. The van der Waals surface area contributed by atoms with Gasteiger partial charge in [0, 0.05) is 6.20 Å². The Labute approximate surface area is 122 Å². The van der Waals surface area contributed by atoms with Crippen LogP contribution in [0.2, 0.25) is 0 Å². The fourth-order valence-electron chi connectivity index (χ4n) is 1.83. The molecule has 5 nitrogen and oxygen atoms in total. The van der Waals surface area contributed by atoms with E-state index >= 15 is 0 Å². The van der Waals surface area contributed by atoms with E-state index in [1.165, 1.54) is 10.8 Å². The first kappa shape index (κ1) is 14.8. The minimum absolute atomic E-state index is 0.116. The van der Waals surface area contributed by atoms with Gasteiger partial charge in [0.2, 0.25) is 0 Å². The van der Waals surface area contributed by atoms with Gasteiger partial charge < -0.3 is 14.0 Å². The summed E-state index contributed by atoms with van der Waals surface area (Å²) in [5.74, 6) is -0.231. The van der Waals surface area contributed by atoms with E-state index in [9.17, 15) is 9.59 Å². The summed E-state index contributed by atoms with van der Waals surface area (Å²) in [5, 5.41) is 0. The molecule has 0 aliphatic heterocycles. The normalized spacial score (nSPS) is 10.1. The minimum atomic E-state index is -0.445. The first-order valence-corrected chi connectivity index (χ1v) is 6.72. The van der Waals surface area contributed by atoms with Crippen molar-refractivity contribution in [3.05, 3.63) is 64.6 Å². The van der Waals surface area contributed by atoms with Gasteiger partial charge in [-0.3, -0.25) is 9.59 Å². The number of ether oxygens (including phenoxy) is 2. The molecule has 0 bridgehead atoms. The van der Waals surface area contributed by atoms with Crippen LogP contribution in [-0.2, 0) is 22.7 Å². The second-order valence-electron chi connectivity index (χ2n) is 4.38. The first-order valence-electron chi connectivity index (χ1n) is 6.72. The van der Waals surface area contributed by atoms with Gasteiger partial charge in [-0.1, -0.05) is 30.3 Å². The lowest BCUT2D eigenvalue weighted by Gasteiger charge is -2.09. The van der Waals surface area contributed by atoms with Crippen LogP contribution in [0.5, 0.6) is 5.75 Å². The van der Waals surface area contributed by atoms with Gasteiger partial charge in [0.15, 0.2) is 5.75 Å². The summed E-state index contributed by atoms with van der Waals surface area (Å²) in [7, 11) is 0. The summed E-state index contributed by atoms with van der Waals surface area (Å²) < 4.78 is 11.6. The Bertz CT molecular complexity index is 649. The van der Waals surface area contributed by atoms with E-state index in [4.69, 9.17) is 9.47 Å².